The summed E-state index contributed by atoms with van der Waals surface area (Å²) in [4.78, 5) is 7.99. The lowest BCUT2D eigenvalue weighted by Crippen LogP contribution is -1.96. The van der Waals surface area contributed by atoms with Crippen molar-refractivity contribution in [1.82, 2.24) is 15.1 Å². The fraction of sp³-hybridized carbons (Fsp3) is 0.125. The van der Waals surface area contributed by atoms with Crippen LogP contribution in [0.3, 0.4) is 0 Å². The second-order valence-electron chi connectivity index (χ2n) is 2.50. The summed E-state index contributed by atoms with van der Waals surface area (Å²) in [6.07, 6.45) is 3.04. The molecule has 0 aliphatic rings. The van der Waals surface area contributed by atoms with Gasteiger partial charge in [0.2, 0.25) is 0 Å². The highest BCUT2D eigenvalue weighted by Crippen LogP contribution is 2.12. The Morgan fingerprint density at radius 3 is 2.77 bits per heavy atom. The second-order valence-corrected chi connectivity index (χ2v) is 2.50. The first-order valence-corrected chi connectivity index (χ1v) is 3.82. The van der Waals surface area contributed by atoms with Crippen molar-refractivity contribution in [2.24, 2.45) is 5.73 Å². The maximum atomic E-state index is 5.43. The van der Waals surface area contributed by atoms with Gasteiger partial charge < -0.3 is 10.3 Å². The van der Waals surface area contributed by atoms with Crippen LogP contribution < -0.4 is 5.73 Å². The molecule has 13 heavy (non-hydrogen) atoms. The average molecular weight is 176 g/mol. The van der Waals surface area contributed by atoms with E-state index < -0.39 is 0 Å². The summed E-state index contributed by atoms with van der Waals surface area (Å²) >= 11 is 0. The molecule has 2 N–H and O–H groups in total. The van der Waals surface area contributed by atoms with Crippen LogP contribution in [0.5, 0.6) is 0 Å². The predicted octanol–water partition coefficient (Wildman–Crippen LogP) is 0.590. The van der Waals surface area contributed by atoms with Crippen molar-refractivity contribution in [3.63, 3.8) is 0 Å². The molecule has 0 fully saturated rings. The third kappa shape index (κ3) is 1.54. The molecule has 0 unspecified atom stereocenters. The highest BCUT2D eigenvalue weighted by atomic mass is 16.5. The molecule has 2 aromatic heterocycles. The quantitative estimate of drug-likeness (QED) is 0.724. The molecule has 0 radical (unpaired) electrons. The van der Waals surface area contributed by atoms with E-state index in [9.17, 15) is 0 Å². The number of nitrogens with two attached hydrogens (primary N) is 1. The van der Waals surface area contributed by atoms with Gasteiger partial charge in [-0.1, -0.05) is 11.2 Å². The first-order chi connectivity index (χ1) is 6.40. The first kappa shape index (κ1) is 7.88. The van der Waals surface area contributed by atoms with Crippen LogP contribution in [-0.4, -0.2) is 15.1 Å². The van der Waals surface area contributed by atoms with Gasteiger partial charge in [0.15, 0.2) is 6.33 Å². The minimum Gasteiger partial charge on any atom is -0.333 e. The normalized spacial score (nSPS) is 10.2. The summed E-state index contributed by atoms with van der Waals surface area (Å²) in [6.45, 7) is 0.483. The molecule has 2 rings (SSSR count). The predicted molar refractivity (Wildman–Crippen MR) is 45.4 cm³/mol. The molecule has 0 saturated carbocycles. The Hall–Kier alpha value is -1.75. The van der Waals surface area contributed by atoms with E-state index in [4.69, 9.17) is 10.3 Å². The van der Waals surface area contributed by atoms with Gasteiger partial charge in [0.1, 0.15) is 5.69 Å². The van der Waals surface area contributed by atoms with E-state index in [1.807, 2.05) is 6.07 Å². The van der Waals surface area contributed by atoms with E-state index in [1.165, 1.54) is 6.33 Å². The molecular formula is C8H8N4O. The van der Waals surface area contributed by atoms with E-state index in [-0.39, 0.29) is 0 Å². The minimum atomic E-state index is 0.420. The summed E-state index contributed by atoms with van der Waals surface area (Å²) in [5, 5.41) is 3.49. The van der Waals surface area contributed by atoms with Gasteiger partial charge in [-0.3, -0.25) is 4.98 Å². The molecule has 0 aliphatic carbocycles. The Morgan fingerprint density at radius 2 is 2.23 bits per heavy atom. The molecule has 0 atom stereocenters. The van der Waals surface area contributed by atoms with Gasteiger partial charge in [0, 0.05) is 12.7 Å². The lowest BCUT2D eigenvalue weighted by Gasteiger charge is -1.95. The maximum absolute atomic E-state index is 5.43. The van der Waals surface area contributed by atoms with Crippen LogP contribution >= 0.6 is 0 Å². The number of aromatic nitrogens is 3. The minimum absolute atomic E-state index is 0.420. The van der Waals surface area contributed by atoms with Crippen molar-refractivity contribution in [2.45, 2.75) is 6.54 Å². The maximum Gasteiger partial charge on any atom is 0.276 e. The van der Waals surface area contributed by atoms with Crippen LogP contribution in [-0.2, 0) is 6.54 Å². The van der Waals surface area contributed by atoms with Crippen LogP contribution in [0.1, 0.15) is 5.56 Å². The summed E-state index contributed by atoms with van der Waals surface area (Å²) in [5.74, 6) is 0.420. The van der Waals surface area contributed by atoms with Crippen LogP contribution in [0.4, 0.5) is 0 Å². The van der Waals surface area contributed by atoms with Crippen molar-refractivity contribution in [1.29, 1.82) is 0 Å². The van der Waals surface area contributed by atoms with E-state index >= 15 is 0 Å². The summed E-state index contributed by atoms with van der Waals surface area (Å²) in [7, 11) is 0. The van der Waals surface area contributed by atoms with Crippen molar-refractivity contribution in [3.8, 4) is 11.6 Å². The smallest absolute Gasteiger partial charge is 0.276 e. The fourth-order valence-electron chi connectivity index (χ4n) is 0.958. The highest BCUT2D eigenvalue weighted by Gasteiger charge is 2.03. The zero-order valence-electron chi connectivity index (χ0n) is 6.84. The Labute approximate surface area is 74.6 Å². The van der Waals surface area contributed by atoms with Crippen molar-refractivity contribution >= 4 is 0 Å². The zero-order valence-corrected chi connectivity index (χ0v) is 6.84. The van der Waals surface area contributed by atoms with Gasteiger partial charge in [-0.15, -0.1) is 0 Å². The second kappa shape index (κ2) is 3.32. The number of hydrogen-bond acceptors (Lipinski definition) is 5. The summed E-state index contributed by atoms with van der Waals surface area (Å²) in [5.41, 5.74) is 7.06. The molecule has 0 aromatic carbocycles. The molecule has 5 nitrogen and oxygen atoms in total. The first-order valence-electron chi connectivity index (χ1n) is 3.82. The lowest BCUT2D eigenvalue weighted by atomic mass is 10.2. The number of rotatable bonds is 2. The Bertz CT molecular complexity index is 368. The molecule has 0 aliphatic heterocycles. The van der Waals surface area contributed by atoms with Gasteiger partial charge >= 0.3 is 0 Å². The summed E-state index contributed by atoms with van der Waals surface area (Å²) < 4.78 is 4.84. The molecule has 66 valence electrons. The van der Waals surface area contributed by atoms with Crippen molar-refractivity contribution in [3.05, 3.63) is 30.2 Å². The molecule has 2 aromatic rings. The number of hydrogen-bond donors (Lipinski definition) is 1. The molecular weight excluding hydrogens is 168 g/mol. The van der Waals surface area contributed by atoms with E-state index in [0.717, 1.165) is 5.56 Å². The van der Waals surface area contributed by atoms with Gasteiger partial charge in [-0.05, 0) is 11.6 Å². The number of nitrogens with zero attached hydrogens (tertiary/aromatic N) is 3. The zero-order chi connectivity index (χ0) is 9.10. The monoisotopic (exact) mass is 176 g/mol. The van der Waals surface area contributed by atoms with Gasteiger partial charge in [-0.25, -0.2) is 0 Å². The molecule has 2 heterocycles. The highest BCUT2D eigenvalue weighted by molar-refractivity contribution is 5.45. The largest absolute Gasteiger partial charge is 0.333 e. The Balaban J connectivity index is 2.33. The third-order valence-electron chi connectivity index (χ3n) is 1.64. The molecule has 0 bridgehead atoms. The lowest BCUT2D eigenvalue weighted by molar-refractivity contribution is 0.429. The van der Waals surface area contributed by atoms with Crippen molar-refractivity contribution in [2.75, 3.05) is 0 Å². The average Bonchev–Trinajstić information content (AvgIpc) is 2.71. The standard InChI is InChI=1S/C8H8N4O/c9-3-6-1-2-7(10-4-6)8-11-5-12-13-8/h1-2,4-5H,3,9H2. The van der Waals surface area contributed by atoms with Gasteiger partial charge in [0.05, 0.1) is 0 Å². The SMILES string of the molecule is NCc1ccc(-c2ncno2)nc1. The van der Waals surface area contributed by atoms with E-state index in [1.54, 1.807) is 12.3 Å². The molecule has 0 spiro atoms. The van der Waals surface area contributed by atoms with E-state index in [2.05, 4.69) is 15.1 Å². The topological polar surface area (TPSA) is 77.8 Å². The van der Waals surface area contributed by atoms with Crippen LogP contribution in [0.2, 0.25) is 0 Å². The molecule has 0 saturated heterocycles. The van der Waals surface area contributed by atoms with Gasteiger partial charge in [0.25, 0.3) is 5.89 Å². The summed E-state index contributed by atoms with van der Waals surface area (Å²) in [6, 6.07) is 3.68. The van der Waals surface area contributed by atoms with E-state index in [0.29, 0.717) is 18.1 Å². The van der Waals surface area contributed by atoms with Gasteiger partial charge in [-0.2, -0.15) is 4.98 Å². The third-order valence-corrected chi connectivity index (χ3v) is 1.64. The fourth-order valence-corrected chi connectivity index (χ4v) is 0.958. The molecule has 0 amide bonds. The Kier molecular flexibility index (Phi) is 2.01. The van der Waals surface area contributed by atoms with Crippen LogP contribution in [0, 0.1) is 0 Å². The Morgan fingerprint density at radius 1 is 1.31 bits per heavy atom. The number of pyridine rings is 1. The van der Waals surface area contributed by atoms with Crippen molar-refractivity contribution < 1.29 is 4.52 Å². The molecule has 5 heteroatoms. The van der Waals surface area contributed by atoms with Crippen LogP contribution in [0.25, 0.3) is 11.6 Å². The van der Waals surface area contributed by atoms with Crippen LogP contribution in [0.15, 0.2) is 29.2 Å².